The van der Waals surface area contributed by atoms with Gasteiger partial charge in [-0.15, -0.1) is 0 Å². The third-order valence-electron chi connectivity index (χ3n) is 2.63. The first kappa shape index (κ1) is 12.9. The monoisotopic (exact) mass is 250 g/mol. The van der Waals surface area contributed by atoms with Crippen LogP contribution in [0.1, 0.15) is 20.3 Å². The van der Waals surface area contributed by atoms with E-state index in [9.17, 15) is 8.42 Å². The fourth-order valence-electron chi connectivity index (χ4n) is 1.59. The van der Waals surface area contributed by atoms with Crippen LogP contribution in [0, 0.1) is 0 Å². The van der Waals surface area contributed by atoms with Gasteiger partial charge in [0.25, 0.3) is 0 Å². The normalized spacial score (nSPS) is 36.9. The van der Waals surface area contributed by atoms with Gasteiger partial charge in [0.15, 0.2) is 0 Å². The van der Waals surface area contributed by atoms with E-state index in [1.807, 2.05) is 13.8 Å². The molecule has 0 aromatic heterocycles. The largest absolute Gasteiger partial charge is 0.500 e. The second-order valence-corrected chi connectivity index (χ2v) is 7.20. The van der Waals surface area contributed by atoms with E-state index in [0.29, 0.717) is 23.9 Å². The lowest BCUT2D eigenvalue weighted by Gasteiger charge is -2.33. The first-order valence-electron chi connectivity index (χ1n) is 5.11. The summed E-state index contributed by atoms with van der Waals surface area (Å²) in [4.78, 5) is 0. The topological polar surface area (TPSA) is 43.4 Å². The van der Waals surface area contributed by atoms with Crippen LogP contribution in [-0.4, -0.2) is 37.0 Å². The summed E-state index contributed by atoms with van der Waals surface area (Å²) in [6, 6.07) is 0. The Kier molecular flexibility index (Phi) is 4.99. The molecule has 1 heterocycles. The van der Waals surface area contributed by atoms with Crippen LogP contribution in [0.3, 0.4) is 0 Å². The van der Waals surface area contributed by atoms with Gasteiger partial charge in [-0.25, -0.2) is 0 Å². The summed E-state index contributed by atoms with van der Waals surface area (Å²) in [5, 5.41) is 0. The van der Waals surface area contributed by atoms with Gasteiger partial charge in [-0.2, -0.15) is 0 Å². The quantitative estimate of drug-likeness (QED) is 0.704. The number of ether oxygens (including phenoxy) is 1. The third-order valence-corrected chi connectivity index (χ3v) is 6.69. The van der Waals surface area contributed by atoms with Crippen LogP contribution in [0.5, 0.6) is 0 Å². The Morgan fingerprint density at radius 2 is 2.13 bits per heavy atom. The van der Waals surface area contributed by atoms with Crippen molar-refractivity contribution in [3.05, 3.63) is 12.3 Å². The highest BCUT2D eigenvalue weighted by molar-refractivity contribution is 7.93. The summed E-state index contributed by atoms with van der Waals surface area (Å²) < 4.78 is 28.4. The molecule has 88 valence electrons. The average molecular weight is 250 g/mol. The summed E-state index contributed by atoms with van der Waals surface area (Å²) in [5.41, 5.74) is 0. The molecule has 15 heavy (non-hydrogen) atoms. The van der Waals surface area contributed by atoms with Crippen molar-refractivity contribution in [2.45, 2.75) is 25.0 Å². The molecular weight excluding hydrogens is 232 g/mol. The molecule has 3 atom stereocenters. The van der Waals surface area contributed by atoms with Crippen LogP contribution in [0.15, 0.2) is 12.3 Å². The van der Waals surface area contributed by atoms with Gasteiger partial charge >= 0.3 is 0 Å². The molecule has 0 N–H and O–H groups in total. The van der Waals surface area contributed by atoms with E-state index in [0.717, 1.165) is 6.42 Å². The molecule has 0 aliphatic carbocycles. The van der Waals surface area contributed by atoms with Crippen molar-refractivity contribution < 1.29 is 13.2 Å². The first-order valence-corrected chi connectivity index (χ1v) is 7.91. The van der Waals surface area contributed by atoms with Gasteiger partial charge in [-0.1, -0.05) is 13.0 Å². The standard InChI is InChI=1S/C10H18O3S2/c1-3-5-13-8-10(4-2)9-14(11)6-7-15(10)12/h3,5H,4,6-9H2,1-2H3/b5-3+. The fraction of sp³-hybridized carbons (Fsp3) is 0.800. The molecule has 5 heteroatoms. The molecule has 0 saturated carbocycles. The van der Waals surface area contributed by atoms with E-state index in [4.69, 9.17) is 4.74 Å². The van der Waals surface area contributed by atoms with Crippen molar-refractivity contribution in [2.24, 2.45) is 0 Å². The van der Waals surface area contributed by atoms with Crippen LogP contribution in [-0.2, 0) is 26.3 Å². The minimum Gasteiger partial charge on any atom is -0.500 e. The maximum Gasteiger partial charge on any atom is 0.105 e. The molecule has 0 bridgehead atoms. The molecule has 1 saturated heterocycles. The predicted octanol–water partition coefficient (Wildman–Crippen LogP) is 1.20. The maximum absolute atomic E-state index is 12.0. The third kappa shape index (κ3) is 3.14. The zero-order valence-corrected chi connectivity index (χ0v) is 10.9. The lowest BCUT2D eigenvalue weighted by atomic mass is 10.1. The van der Waals surface area contributed by atoms with Crippen LogP contribution in [0.4, 0.5) is 0 Å². The minimum atomic E-state index is -0.913. The van der Waals surface area contributed by atoms with Crippen LogP contribution in [0.25, 0.3) is 0 Å². The van der Waals surface area contributed by atoms with E-state index >= 15 is 0 Å². The highest BCUT2D eigenvalue weighted by Crippen LogP contribution is 2.25. The Morgan fingerprint density at radius 3 is 2.73 bits per heavy atom. The van der Waals surface area contributed by atoms with Crippen molar-refractivity contribution in [1.29, 1.82) is 0 Å². The molecule has 0 spiro atoms. The van der Waals surface area contributed by atoms with Gasteiger partial charge in [-0.05, 0) is 13.3 Å². The summed E-state index contributed by atoms with van der Waals surface area (Å²) in [5.74, 6) is 1.62. The van der Waals surface area contributed by atoms with Gasteiger partial charge in [0, 0.05) is 38.9 Å². The highest BCUT2D eigenvalue weighted by atomic mass is 32.2. The Bertz CT molecular complexity index is 288. The van der Waals surface area contributed by atoms with Gasteiger partial charge in [0.1, 0.15) is 6.61 Å². The Balaban J connectivity index is 2.71. The number of allylic oxidation sites excluding steroid dienone is 1. The second-order valence-electron chi connectivity index (χ2n) is 3.65. The first-order chi connectivity index (χ1) is 7.14. The van der Waals surface area contributed by atoms with Gasteiger partial charge < -0.3 is 4.74 Å². The molecule has 1 fully saturated rings. The summed E-state index contributed by atoms with van der Waals surface area (Å²) >= 11 is 0. The Labute approximate surface area is 96.2 Å². The molecule has 0 radical (unpaired) electrons. The van der Waals surface area contributed by atoms with Gasteiger partial charge in [0.2, 0.25) is 0 Å². The average Bonchev–Trinajstić information content (AvgIpc) is 2.23. The lowest BCUT2D eigenvalue weighted by Crippen LogP contribution is -2.49. The van der Waals surface area contributed by atoms with E-state index in [-0.39, 0.29) is 0 Å². The van der Waals surface area contributed by atoms with E-state index < -0.39 is 26.3 Å². The summed E-state index contributed by atoms with van der Waals surface area (Å²) in [6.07, 6.45) is 4.15. The lowest BCUT2D eigenvalue weighted by molar-refractivity contribution is 0.214. The van der Waals surface area contributed by atoms with Gasteiger partial charge in [0.05, 0.1) is 11.0 Å². The van der Waals surface area contributed by atoms with Crippen LogP contribution < -0.4 is 0 Å². The summed E-state index contributed by atoms with van der Waals surface area (Å²) in [7, 11) is -1.75. The van der Waals surface area contributed by atoms with Crippen molar-refractivity contribution in [2.75, 3.05) is 23.9 Å². The maximum atomic E-state index is 12.0. The van der Waals surface area contributed by atoms with E-state index in [2.05, 4.69) is 0 Å². The Hall–Kier alpha value is -0.160. The van der Waals surface area contributed by atoms with Gasteiger partial charge in [-0.3, -0.25) is 8.42 Å². The molecule has 3 nitrogen and oxygen atoms in total. The zero-order valence-electron chi connectivity index (χ0n) is 9.23. The molecule has 1 aliphatic rings. The fourth-order valence-corrected chi connectivity index (χ4v) is 5.83. The smallest absolute Gasteiger partial charge is 0.105 e. The molecule has 1 rings (SSSR count). The molecule has 0 amide bonds. The van der Waals surface area contributed by atoms with Crippen LogP contribution in [0.2, 0.25) is 0 Å². The van der Waals surface area contributed by atoms with Crippen molar-refractivity contribution in [3.8, 4) is 0 Å². The minimum absolute atomic E-state index is 0.400. The molecular formula is C10H18O3S2. The number of rotatable bonds is 4. The highest BCUT2D eigenvalue weighted by Gasteiger charge is 2.40. The Morgan fingerprint density at radius 1 is 1.40 bits per heavy atom. The molecule has 0 aromatic rings. The van der Waals surface area contributed by atoms with E-state index in [1.165, 1.54) is 0 Å². The molecule has 0 aromatic carbocycles. The van der Waals surface area contributed by atoms with Crippen molar-refractivity contribution >= 4 is 21.6 Å². The number of hydrogen-bond donors (Lipinski definition) is 0. The predicted molar refractivity (Wildman–Crippen MR) is 64.7 cm³/mol. The molecule has 3 unspecified atom stereocenters. The molecule has 1 aliphatic heterocycles. The summed E-state index contributed by atoms with van der Waals surface area (Å²) in [6.45, 7) is 4.26. The van der Waals surface area contributed by atoms with Crippen LogP contribution >= 0.6 is 0 Å². The second kappa shape index (κ2) is 5.80. The van der Waals surface area contributed by atoms with Crippen molar-refractivity contribution in [3.63, 3.8) is 0 Å². The SMILES string of the molecule is C/C=C/OCC1(CC)CS(=O)CCS1=O. The zero-order chi connectivity index (χ0) is 11.3. The van der Waals surface area contributed by atoms with Crippen molar-refractivity contribution in [1.82, 2.24) is 0 Å². The van der Waals surface area contributed by atoms with E-state index in [1.54, 1.807) is 12.3 Å². The number of hydrogen-bond acceptors (Lipinski definition) is 3.